The Labute approximate surface area is 169 Å². The zero-order valence-corrected chi connectivity index (χ0v) is 16.8. The molecule has 0 spiro atoms. The van der Waals surface area contributed by atoms with Gasteiger partial charge in [0.1, 0.15) is 0 Å². The van der Waals surface area contributed by atoms with Gasteiger partial charge in [-0.05, 0) is 24.3 Å². The van der Waals surface area contributed by atoms with Crippen molar-refractivity contribution in [3.05, 3.63) is 45.4 Å². The predicted molar refractivity (Wildman–Crippen MR) is 108 cm³/mol. The van der Waals surface area contributed by atoms with Gasteiger partial charge in [-0.3, -0.25) is 14.7 Å². The molecule has 1 aliphatic rings. The van der Waals surface area contributed by atoms with Crippen LogP contribution >= 0.6 is 47.8 Å². The van der Waals surface area contributed by atoms with Gasteiger partial charge in [-0.15, -0.1) is 36.2 Å². The predicted octanol–water partition coefficient (Wildman–Crippen LogP) is 3.11. The number of nitrogen functional groups attached to an aromatic ring is 1. The molecule has 2 aromatic rings. The van der Waals surface area contributed by atoms with Crippen LogP contribution in [0.4, 0.5) is 5.69 Å². The molecule has 2 N–H and O–H groups in total. The summed E-state index contributed by atoms with van der Waals surface area (Å²) in [6.07, 6.45) is 1.92. The van der Waals surface area contributed by atoms with Gasteiger partial charge in [0.25, 0.3) is 0 Å². The van der Waals surface area contributed by atoms with Crippen LogP contribution in [0.15, 0.2) is 30.5 Å². The lowest BCUT2D eigenvalue weighted by molar-refractivity contribution is -0.132. The van der Waals surface area contributed by atoms with Crippen molar-refractivity contribution in [2.45, 2.75) is 13.0 Å². The maximum Gasteiger partial charge on any atom is 0.228 e. The Balaban J connectivity index is 0.00000156. The van der Waals surface area contributed by atoms with E-state index in [1.165, 1.54) is 4.88 Å². The number of halogens is 3. The van der Waals surface area contributed by atoms with Crippen LogP contribution < -0.4 is 5.73 Å². The molecule has 9 heteroatoms. The Morgan fingerprint density at radius 2 is 1.88 bits per heavy atom. The minimum Gasteiger partial charge on any atom is -0.397 e. The highest BCUT2D eigenvalue weighted by molar-refractivity contribution is 7.16. The molecule has 2 aromatic heterocycles. The van der Waals surface area contributed by atoms with Crippen molar-refractivity contribution in [3.63, 3.8) is 0 Å². The topological polar surface area (TPSA) is 62.5 Å². The molecule has 0 saturated carbocycles. The van der Waals surface area contributed by atoms with Crippen molar-refractivity contribution >= 4 is 59.3 Å². The number of carbonyl (C=O) groups excluding carboxylic acids is 1. The number of nitrogens with two attached hydrogens (primary N) is 1. The first-order valence-corrected chi connectivity index (χ1v) is 8.74. The molecular formula is C16H21Cl3N4OS. The summed E-state index contributed by atoms with van der Waals surface area (Å²) in [6, 6.07) is 7.59. The van der Waals surface area contributed by atoms with Gasteiger partial charge in [0.15, 0.2) is 0 Å². The van der Waals surface area contributed by atoms with Crippen LogP contribution in [0.25, 0.3) is 0 Å². The highest BCUT2D eigenvalue weighted by atomic mass is 35.5. The fraction of sp³-hybridized carbons (Fsp3) is 0.375. The zero-order chi connectivity index (χ0) is 16.2. The Morgan fingerprint density at radius 1 is 1.16 bits per heavy atom. The molecule has 0 atom stereocenters. The van der Waals surface area contributed by atoms with Crippen LogP contribution in [0.3, 0.4) is 0 Å². The number of anilines is 1. The number of hydrogen-bond acceptors (Lipinski definition) is 5. The lowest BCUT2D eigenvalue weighted by Crippen LogP contribution is -2.48. The van der Waals surface area contributed by atoms with Gasteiger partial charge in [0.05, 0.1) is 22.6 Å². The lowest BCUT2D eigenvalue weighted by Gasteiger charge is -2.34. The first kappa shape index (κ1) is 22.0. The molecule has 0 bridgehead atoms. The fourth-order valence-electron chi connectivity index (χ4n) is 2.62. The average Bonchev–Trinajstić information content (AvgIpc) is 2.95. The van der Waals surface area contributed by atoms with Crippen LogP contribution in [-0.2, 0) is 17.8 Å². The third kappa shape index (κ3) is 6.31. The molecule has 1 amide bonds. The number of thiophene rings is 1. The summed E-state index contributed by atoms with van der Waals surface area (Å²) >= 11 is 7.58. The molecule has 0 aromatic carbocycles. The fourth-order valence-corrected chi connectivity index (χ4v) is 3.75. The third-order valence-electron chi connectivity index (χ3n) is 3.91. The van der Waals surface area contributed by atoms with E-state index in [9.17, 15) is 4.79 Å². The maximum atomic E-state index is 12.3. The van der Waals surface area contributed by atoms with Crippen molar-refractivity contribution in [1.82, 2.24) is 14.8 Å². The van der Waals surface area contributed by atoms with Crippen LogP contribution in [0.1, 0.15) is 10.6 Å². The second-order valence-electron chi connectivity index (χ2n) is 5.62. The second-order valence-corrected chi connectivity index (χ2v) is 7.42. The molecule has 1 saturated heterocycles. The van der Waals surface area contributed by atoms with E-state index in [2.05, 4.69) is 16.0 Å². The summed E-state index contributed by atoms with van der Waals surface area (Å²) in [7, 11) is 0. The van der Waals surface area contributed by atoms with E-state index in [4.69, 9.17) is 17.3 Å². The van der Waals surface area contributed by atoms with Crippen molar-refractivity contribution in [2.24, 2.45) is 0 Å². The van der Waals surface area contributed by atoms with Gasteiger partial charge >= 0.3 is 0 Å². The molecule has 1 aliphatic heterocycles. The smallest absolute Gasteiger partial charge is 0.228 e. The zero-order valence-electron chi connectivity index (χ0n) is 13.6. The van der Waals surface area contributed by atoms with Gasteiger partial charge in [-0.2, -0.15) is 0 Å². The standard InChI is InChI=1S/C16H19ClN4OS.2ClH/c17-15-4-3-14(23-15)11-20-5-7-21(8-6-20)16(22)9-13-2-1-12(18)10-19-13;;/h1-4,10H,5-9,11,18H2;2*1H. The van der Waals surface area contributed by atoms with Gasteiger partial charge in [0, 0.05) is 43.3 Å². The molecule has 0 radical (unpaired) electrons. The molecule has 0 aliphatic carbocycles. The first-order chi connectivity index (χ1) is 11.1. The van der Waals surface area contributed by atoms with Gasteiger partial charge in [-0.25, -0.2) is 0 Å². The van der Waals surface area contributed by atoms with E-state index in [1.54, 1.807) is 23.6 Å². The number of hydrogen-bond donors (Lipinski definition) is 1. The van der Waals surface area contributed by atoms with Gasteiger partial charge < -0.3 is 10.6 Å². The Hall–Kier alpha value is -1.05. The van der Waals surface area contributed by atoms with Gasteiger partial charge in [-0.1, -0.05) is 11.6 Å². The molecule has 5 nitrogen and oxygen atoms in total. The van der Waals surface area contributed by atoms with E-state index < -0.39 is 0 Å². The minimum atomic E-state index is 0. The van der Waals surface area contributed by atoms with E-state index in [0.29, 0.717) is 12.1 Å². The van der Waals surface area contributed by atoms with Crippen LogP contribution in [0.2, 0.25) is 4.34 Å². The number of rotatable bonds is 4. The number of amides is 1. The summed E-state index contributed by atoms with van der Waals surface area (Å²) in [5.74, 6) is 0.126. The Bertz CT molecular complexity index is 672. The number of nitrogens with zero attached hydrogens (tertiary/aromatic N) is 3. The van der Waals surface area contributed by atoms with E-state index >= 15 is 0 Å². The van der Waals surface area contributed by atoms with Crippen molar-refractivity contribution < 1.29 is 4.79 Å². The summed E-state index contributed by atoms with van der Waals surface area (Å²) in [5, 5.41) is 0. The van der Waals surface area contributed by atoms with Crippen molar-refractivity contribution in [2.75, 3.05) is 31.9 Å². The summed E-state index contributed by atoms with van der Waals surface area (Å²) in [4.78, 5) is 22.1. The van der Waals surface area contributed by atoms with Crippen LogP contribution in [0.5, 0.6) is 0 Å². The van der Waals surface area contributed by atoms with Crippen molar-refractivity contribution in [1.29, 1.82) is 0 Å². The molecule has 0 unspecified atom stereocenters. The lowest BCUT2D eigenvalue weighted by atomic mass is 10.2. The average molecular weight is 424 g/mol. The van der Waals surface area contributed by atoms with E-state index in [0.717, 1.165) is 42.8 Å². The second kappa shape index (κ2) is 10.2. The largest absolute Gasteiger partial charge is 0.397 e. The molecule has 25 heavy (non-hydrogen) atoms. The molecular weight excluding hydrogens is 403 g/mol. The summed E-state index contributed by atoms with van der Waals surface area (Å²) in [5.41, 5.74) is 6.99. The highest BCUT2D eigenvalue weighted by Gasteiger charge is 2.21. The monoisotopic (exact) mass is 422 g/mol. The summed E-state index contributed by atoms with van der Waals surface area (Å²) < 4.78 is 0.824. The number of pyridine rings is 1. The quantitative estimate of drug-likeness (QED) is 0.821. The SMILES string of the molecule is Cl.Cl.Nc1ccc(CC(=O)N2CCN(Cc3ccc(Cl)s3)CC2)nc1. The third-order valence-corrected chi connectivity index (χ3v) is 5.13. The Morgan fingerprint density at radius 3 is 2.44 bits per heavy atom. The molecule has 3 heterocycles. The molecule has 1 fully saturated rings. The highest BCUT2D eigenvalue weighted by Crippen LogP contribution is 2.23. The van der Waals surface area contributed by atoms with Crippen LogP contribution in [-0.4, -0.2) is 46.9 Å². The maximum absolute atomic E-state index is 12.3. The number of aromatic nitrogens is 1. The molecule has 138 valence electrons. The van der Waals surface area contributed by atoms with Crippen LogP contribution in [0, 0.1) is 0 Å². The van der Waals surface area contributed by atoms with Gasteiger partial charge in [0.2, 0.25) is 5.91 Å². The Kier molecular flexibility index (Phi) is 8.96. The molecule has 3 rings (SSSR count). The van der Waals surface area contributed by atoms with Crippen molar-refractivity contribution in [3.8, 4) is 0 Å². The summed E-state index contributed by atoms with van der Waals surface area (Å²) in [6.45, 7) is 4.19. The minimum absolute atomic E-state index is 0. The van der Waals surface area contributed by atoms with E-state index in [-0.39, 0.29) is 30.7 Å². The number of carbonyl (C=O) groups is 1. The normalized spacial score (nSPS) is 14.5. The van der Waals surface area contributed by atoms with E-state index in [1.807, 2.05) is 17.0 Å². The number of piperazine rings is 1. The first-order valence-electron chi connectivity index (χ1n) is 7.55.